The molecular weight excluding hydrogens is 382 g/mol. The van der Waals surface area contributed by atoms with Gasteiger partial charge >= 0.3 is 0 Å². The standard InChI is InChI=1S/C22H27N5O3/c1-15(2)12-24-18(28)17-14-27-11-7-22(21(27)25-19(17)29)5-9-26(10-6-22)20(30)16-4-3-8-23-13-16/h3-4,8,13-15H,5-7,9-12H2,1-2H3,(H,24,28). The number of aryl methyl sites for hydroxylation is 1. The lowest BCUT2D eigenvalue weighted by Crippen LogP contribution is -2.45. The van der Waals surface area contributed by atoms with Crippen LogP contribution in [0, 0.1) is 5.92 Å². The van der Waals surface area contributed by atoms with Gasteiger partial charge in [-0.15, -0.1) is 0 Å². The van der Waals surface area contributed by atoms with Gasteiger partial charge in [-0.2, -0.15) is 4.98 Å². The van der Waals surface area contributed by atoms with Crippen molar-refractivity contribution in [3.05, 3.63) is 58.0 Å². The van der Waals surface area contributed by atoms with Crippen LogP contribution in [0.2, 0.25) is 0 Å². The van der Waals surface area contributed by atoms with Crippen molar-refractivity contribution in [2.75, 3.05) is 19.6 Å². The molecule has 8 heteroatoms. The fourth-order valence-electron chi connectivity index (χ4n) is 4.36. The molecule has 1 fully saturated rings. The minimum Gasteiger partial charge on any atom is -0.352 e. The average Bonchev–Trinajstić information content (AvgIpc) is 3.09. The molecule has 2 aliphatic rings. The molecule has 30 heavy (non-hydrogen) atoms. The van der Waals surface area contributed by atoms with Crippen molar-refractivity contribution in [2.24, 2.45) is 5.92 Å². The van der Waals surface area contributed by atoms with Crippen LogP contribution in [0.1, 0.15) is 59.7 Å². The van der Waals surface area contributed by atoms with Gasteiger partial charge < -0.3 is 14.8 Å². The minimum absolute atomic E-state index is 0.0153. The van der Waals surface area contributed by atoms with E-state index in [1.54, 1.807) is 30.7 Å². The van der Waals surface area contributed by atoms with E-state index in [1.165, 1.54) is 0 Å². The van der Waals surface area contributed by atoms with Gasteiger partial charge in [-0.25, -0.2) is 0 Å². The molecule has 2 amide bonds. The Morgan fingerprint density at radius 1 is 1.20 bits per heavy atom. The van der Waals surface area contributed by atoms with E-state index < -0.39 is 5.56 Å². The number of carbonyl (C=O) groups is 2. The van der Waals surface area contributed by atoms with Gasteiger partial charge in [0.15, 0.2) is 0 Å². The second-order valence-corrected chi connectivity index (χ2v) is 8.64. The van der Waals surface area contributed by atoms with E-state index in [0.29, 0.717) is 31.1 Å². The normalized spacial score (nSPS) is 17.2. The number of aromatic nitrogens is 3. The molecule has 158 valence electrons. The molecule has 0 saturated carbocycles. The van der Waals surface area contributed by atoms with E-state index in [1.807, 2.05) is 23.3 Å². The Labute approximate surface area is 175 Å². The first-order valence-corrected chi connectivity index (χ1v) is 10.5. The van der Waals surface area contributed by atoms with E-state index >= 15 is 0 Å². The lowest BCUT2D eigenvalue weighted by molar-refractivity contribution is 0.0662. The zero-order valence-corrected chi connectivity index (χ0v) is 17.4. The van der Waals surface area contributed by atoms with Crippen LogP contribution in [0.4, 0.5) is 0 Å². The van der Waals surface area contributed by atoms with Crippen LogP contribution in [0.5, 0.6) is 0 Å². The number of rotatable bonds is 4. The van der Waals surface area contributed by atoms with Gasteiger partial charge in [-0.1, -0.05) is 13.8 Å². The van der Waals surface area contributed by atoms with Crippen molar-refractivity contribution >= 4 is 11.8 Å². The van der Waals surface area contributed by atoms with Gasteiger partial charge in [0, 0.05) is 50.2 Å². The lowest BCUT2D eigenvalue weighted by Gasteiger charge is -2.38. The van der Waals surface area contributed by atoms with Crippen molar-refractivity contribution in [1.82, 2.24) is 24.8 Å². The van der Waals surface area contributed by atoms with E-state index in [-0.39, 0.29) is 22.8 Å². The summed E-state index contributed by atoms with van der Waals surface area (Å²) in [6.45, 7) is 6.47. The Hall–Kier alpha value is -3.03. The van der Waals surface area contributed by atoms with Crippen LogP contribution in [-0.2, 0) is 12.0 Å². The molecule has 4 rings (SSSR count). The first-order valence-electron chi connectivity index (χ1n) is 10.5. The van der Waals surface area contributed by atoms with E-state index in [2.05, 4.69) is 15.3 Å². The quantitative estimate of drug-likeness (QED) is 0.827. The number of carbonyl (C=O) groups excluding carboxylic acids is 2. The Kier molecular flexibility index (Phi) is 5.40. The molecule has 2 aliphatic heterocycles. The molecular formula is C22H27N5O3. The number of nitrogens with zero attached hydrogens (tertiary/aromatic N) is 4. The molecule has 1 N–H and O–H groups in total. The fraction of sp³-hybridized carbons (Fsp3) is 0.500. The number of amides is 2. The van der Waals surface area contributed by atoms with Crippen molar-refractivity contribution in [1.29, 1.82) is 0 Å². The average molecular weight is 409 g/mol. The highest BCUT2D eigenvalue weighted by atomic mass is 16.2. The molecule has 0 aromatic carbocycles. The lowest BCUT2D eigenvalue weighted by atomic mass is 9.76. The molecule has 2 aromatic heterocycles. The maximum atomic E-state index is 12.7. The first-order chi connectivity index (χ1) is 14.4. The van der Waals surface area contributed by atoms with Gasteiger partial charge in [-0.05, 0) is 37.3 Å². The zero-order valence-electron chi connectivity index (χ0n) is 17.4. The summed E-state index contributed by atoms with van der Waals surface area (Å²) in [5.41, 5.74) is 0.00242. The molecule has 0 bridgehead atoms. The predicted octanol–water partition coefficient (Wildman–Crippen LogP) is 1.60. The summed E-state index contributed by atoms with van der Waals surface area (Å²) in [5, 5.41) is 2.79. The maximum Gasteiger partial charge on any atom is 0.285 e. The van der Waals surface area contributed by atoms with Crippen molar-refractivity contribution in [3.63, 3.8) is 0 Å². The molecule has 0 unspecified atom stereocenters. The van der Waals surface area contributed by atoms with E-state index in [0.717, 1.165) is 31.6 Å². The third kappa shape index (κ3) is 3.74. The fourth-order valence-corrected chi connectivity index (χ4v) is 4.36. The summed E-state index contributed by atoms with van der Waals surface area (Å²) in [6.07, 6.45) is 7.27. The van der Waals surface area contributed by atoms with E-state index in [4.69, 9.17) is 0 Å². The molecule has 1 saturated heterocycles. The predicted molar refractivity (Wildman–Crippen MR) is 111 cm³/mol. The molecule has 2 aromatic rings. The number of hydrogen-bond acceptors (Lipinski definition) is 5. The summed E-state index contributed by atoms with van der Waals surface area (Å²) in [7, 11) is 0. The van der Waals surface area contributed by atoms with Crippen LogP contribution in [0.25, 0.3) is 0 Å². The van der Waals surface area contributed by atoms with Gasteiger partial charge in [0.25, 0.3) is 17.4 Å². The molecule has 0 atom stereocenters. The minimum atomic E-state index is -0.474. The van der Waals surface area contributed by atoms with Crippen molar-refractivity contribution < 1.29 is 9.59 Å². The highest BCUT2D eigenvalue weighted by Gasteiger charge is 2.44. The van der Waals surface area contributed by atoms with Crippen LogP contribution in [0.3, 0.4) is 0 Å². The van der Waals surface area contributed by atoms with Crippen LogP contribution >= 0.6 is 0 Å². The Morgan fingerprint density at radius 2 is 1.93 bits per heavy atom. The molecule has 1 spiro atoms. The molecule has 0 radical (unpaired) electrons. The largest absolute Gasteiger partial charge is 0.352 e. The summed E-state index contributed by atoms with van der Waals surface area (Å²) in [4.78, 5) is 47.9. The van der Waals surface area contributed by atoms with Gasteiger partial charge in [0.1, 0.15) is 11.4 Å². The second-order valence-electron chi connectivity index (χ2n) is 8.64. The summed E-state index contributed by atoms with van der Waals surface area (Å²) in [6, 6.07) is 3.54. The van der Waals surface area contributed by atoms with Gasteiger partial charge in [0.05, 0.1) is 5.56 Å². The highest BCUT2D eigenvalue weighted by molar-refractivity contribution is 5.94. The van der Waals surface area contributed by atoms with E-state index in [9.17, 15) is 14.4 Å². The topological polar surface area (TPSA) is 97.2 Å². The third-order valence-corrected chi connectivity index (χ3v) is 6.13. The number of likely N-dealkylation sites (tertiary alicyclic amines) is 1. The maximum absolute atomic E-state index is 12.7. The number of fused-ring (bicyclic) bond motifs is 2. The molecule has 0 aliphatic carbocycles. The number of piperidine rings is 1. The monoisotopic (exact) mass is 409 g/mol. The highest BCUT2D eigenvalue weighted by Crippen LogP contribution is 2.42. The summed E-state index contributed by atoms with van der Waals surface area (Å²) in [5.74, 6) is 0.677. The molecule has 4 heterocycles. The van der Waals surface area contributed by atoms with Crippen LogP contribution in [0.15, 0.2) is 35.5 Å². The third-order valence-electron chi connectivity index (χ3n) is 6.13. The van der Waals surface area contributed by atoms with Gasteiger partial charge in [-0.3, -0.25) is 19.4 Å². The number of nitrogens with one attached hydrogen (secondary N) is 1. The van der Waals surface area contributed by atoms with Crippen molar-refractivity contribution in [2.45, 2.75) is 45.1 Å². The Morgan fingerprint density at radius 3 is 2.60 bits per heavy atom. The van der Waals surface area contributed by atoms with Crippen molar-refractivity contribution in [3.8, 4) is 0 Å². The van der Waals surface area contributed by atoms with Crippen LogP contribution < -0.4 is 10.9 Å². The summed E-state index contributed by atoms with van der Waals surface area (Å²) < 4.78 is 1.95. The zero-order chi connectivity index (χ0) is 21.3. The number of hydrogen-bond donors (Lipinski definition) is 1. The van der Waals surface area contributed by atoms with Crippen LogP contribution in [-0.4, -0.2) is 50.9 Å². The first kappa shape index (κ1) is 20.3. The summed E-state index contributed by atoms with van der Waals surface area (Å²) >= 11 is 0. The Bertz CT molecular complexity index is 1010. The number of pyridine rings is 1. The second kappa shape index (κ2) is 8.01. The SMILES string of the molecule is CC(C)CNC(=O)c1cn2c(nc1=O)C1(CCN(C(=O)c3cccnc3)CC1)CC2. The van der Waals surface area contributed by atoms with Gasteiger partial charge in [0.2, 0.25) is 0 Å². The molecule has 8 nitrogen and oxygen atoms in total. The Balaban J connectivity index is 1.50. The smallest absolute Gasteiger partial charge is 0.285 e.